The number of fused-ring (bicyclic) bond motifs is 2. The van der Waals surface area contributed by atoms with Gasteiger partial charge in [0.1, 0.15) is 5.75 Å². The fourth-order valence-corrected chi connectivity index (χ4v) is 5.84. The van der Waals surface area contributed by atoms with E-state index in [9.17, 15) is 4.79 Å². The lowest BCUT2D eigenvalue weighted by Gasteiger charge is -2.33. The molecule has 3 rings (SSSR count). The first kappa shape index (κ1) is 21.2. The molecule has 0 aromatic heterocycles. The molecular formula is C25H38O3. The zero-order valence-corrected chi connectivity index (χ0v) is 18.0. The van der Waals surface area contributed by atoms with Crippen molar-refractivity contribution in [3.63, 3.8) is 0 Å². The van der Waals surface area contributed by atoms with Crippen LogP contribution in [0.5, 0.6) is 5.75 Å². The van der Waals surface area contributed by atoms with Gasteiger partial charge in [-0.25, -0.2) is 4.79 Å². The normalized spacial score (nSPS) is 27.1. The topological polar surface area (TPSA) is 46.5 Å². The summed E-state index contributed by atoms with van der Waals surface area (Å²) in [4.78, 5) is 10.9. The number of hydrogen-bond acceptors (Lipinski definition) is 2. The molecule has 0 amide bonds. The molecule has 156 valence electrons. The number of rotatable bonds is 10. The van der Waals surface area contributed by atoms with Crippen LogP contribution < -0.4 is 4.74 Å². The van der Waals surface area contributed by atoms with Crippen LogP contribution in [0.3, 0.4) is 0 Å². The Balaban J connectivity index is 1.62. The van der Waals surface area contributed by atoms with Gasteiger partial charge in [-0.2, -0.15) is 0 Å². The average molecular weight is 387 g/mol. The number of carboxylic acids is 1. The van der Waals surface area contributed by atoms with Crippen molar-refractivity contribution in [2.75, 3.05) is 6.61 Å². The molecule has 1 saturated carbocycles. The van der Waals surface area contributed by atoms with Crippen molar-refractivity contribution in [1.29, 1.82) is 0 Å². The van der Waals surface area contributed by atoms with E-state index in [0.29, 0.717) is 0 Å². The number of hydrogen-bond donors (Lipinski definition) is 1. The molecule has 1 aromatic carbocycles. The fraction of sp³-hybridized carbons (Fsp3) is 0.720. The third kappa shape index (κ3) is 5.10. The quantitative estimate of drug-likeness (QED) is 0.492. The summed E-state index contributed by atoms with van der Waals surface area (Å²) in [5.41, 5.74) is 2.66. The van der Waals surface area contributed by atoms with Crippen LogP contribution in [0.25, 0.3) is 0 Å². The Bertz CT molecular complexity index is 653. The Morgan fingerprint density at radius 1 is 1.25 bits per heavy atom. The van der Waals surface area contributed by atoms with Crippen LogP contribution in [0.4, 0.5) is 0 Å². The second-order valence-electron chi connectivity index (χ2n) is 9.46. The van der Waals surface area contributed by atoms with Crippen molar-refractivity contribution >= 4 is 5.97 Å². The lowest BCUT2D eigenvalue weighted by Crippen LogP contribution is -2.26. The minimum absolute atomic E-state index is 0.250. The molecular weight excluding hydrogens is 348 g/mol. The molecule has 0 spiro atoms. The van der Waals surface area contributed by atoms with Crippen LogP contribution in [-0.2, 0) is 17.6 Å². The van der Waals surface area contributed by atoms with E-state index < -0.39 is 5.97 Å². The minimum atomic E-state index is -0.908. The minimum Gasteiger partial charge on any atom is -0.482 e. The number of unbranched alkanes of at least 4 members (excludes halogenated alkanes) is 2. The molecule has 1 aromatic rings. The van der Waals surface area contributed by atoms with Gasteiger partial charge in [0.15, 0.2) is 6.61 Å². The van der Waals surface area contributed by atoms with Crippen molar-refractivity contribution in [1.82, 2.24) is 0 Å². The van der Waals surface area contributed by atoms with Gasteiger partial charge in [0, 0.05) is 0 Å². The maximum atomic E-state index is 10.9. The van der Waals surface area contributed by atoms with E-state index in [1.165, 1.54) is 56.1 Å². The molecule has 0 aliphatic heterocycles. The van der Waals surface area contributed by atoms with E-state index in [-0.39, 0.29) is 6.61 Å². The van der Waals surface area contributed by atoms with Crippen LogP contribution in [-0.4, -0.2) is 17.7 Å². The number of aliphatic carboxylic acids is 1. The summed E-state index contributed by atoms with van der Waals surface area (Å²) >= 11 is 0. The largest absolute Gasteiger partial charge is 0.482 e. The van der Waals surface area contributed by atoms with Crippen LogP contribution >= 0.6 is 0 Å². The number of benzene rings is 1. The predicted octanol–water partition coefficient (Wildman–Crippen LogP) is 6.13. The first-order valence-electron chi connectivity index (χ1n) is 11.4. The van der Waals surface area contributed by atoms with E-state index in [4.69, 9.17) is 9.84 Å². The Morgan fingerprint density at radius 3 is 2.82 bits per heavy atom. The molecule has 2 aliphatic carbocycles. The Kier molecular flexibility index (Phi) is 7.42. The zero-order chi connectivity index (χ0) is 20.1. The molecule has 2 aliphatic rings. The molecule has 0 bridgehead atoms. The summed E-state index contributed by atoms with van der Waals surface area (Å²) in [5, 5.41) is 8.95. The number of ether oxygens (including phenoxy) is 1. The fourth-order valence-electron chi connectivity index (χ4n) is 5.84. The molecule has 1 N–H and O–H groups in total. The van der Waals surface area contributed by atoms with Crippen LogP contribution in [0.15, 0.2) is 18.2 Å². The van der Waals surface area contributed by atoms with E-state index in [2.05, 4.69) is 26.8 Å². The highest BCUT2D eigenvalue weighted by atomic mass is 16.5. The maximum Gasteiger partial charge on any atom is 0.341 e. The van der Waals surface area contributed by atoms with E-state index in [1.807, 2.05) is 12.1 Å². The summed E-state index contributed by atoms with van der Waals surface area (Å²) in [6.45, 7) is 6.93. The van der Waals surface area contributed by atoms with Gasteiger partial charge in [-0.15, -0.1) is 0 Å². The summed E-state index contributed by atoms with van der Waals surface area (Å²) in [6.07, 6.45) is 11.7. The van der Waals surface area contributed by atoms with Crippen LogP contribution in [0.2, 0.25) is 0 Å². The highest BCUT2D eigenvalue weighted by Crippen LogP contribution is 2.51. The lowest BCUT2D eigenvalue weighted by molar-refractivity contribution is -0.139. The van der Waals surface area contributed by atoms with Gasteiger partial charge >= 0.3 is 5.97 Å². The Morgan fingerprint density at radius 2 is 2.07 bits per heavy atom. The van der Waals surface area contributed by atoms with Gasteiger partial charge in [0.2, 0.25) is 0 Å². The molecule has 3 nitrogen and oxygen atoms in total. The molecule has 28 heavy (non-hydrogen) atoms. The SMILES string of the molecule is CCCCC[C@H](C)CCC1[C@H](C)C[C@@H]2Cc3c(cccc3OCC(=O)O)C[C@H]12. The molecule has 0 saturated heterocycles. The third-order valence-corrected chi connectivity index (χ3v) is 7.36. The highest BCUT2D eigenvalue weighted by molar-refractivity contribution is 5.68. The molecule has 0 radical (unpaired) electrons. The maximum absolute atomic E-state index is 10.9. The zero-order valence-electron chi connectivity index (χ0n) is 18.0. The summed E-state index contributed by atoms with van der Waals surface area (Å²) in [7, 11) is 0. The van der Waals surface area contributed by atoms with Gasteiger partial charge in [0.25, 0.3) is 0 Å². The van der Waals surface area contributed by atoms with Gasteiger partial charge in [-0.05, 0) is 72.5 Å². The third-order valence-electron chi connectivity index (χ3n) is 7.36. The predicted molar refractivity (Wildman–Crippen MR) is 114 cm³/mol. The monoisotopic (exact) mass is 386 g/mol. The van der Waals surface area contributed by atoms with Gasteiger partial charge in [-0.1, -0.05) is 65.0 Å². The van der Waals surface area contributed by atoms with Crippen LogP contribution in [0.1, 0.15) is 76.8 Å². The standard InChI is InChI=1S/C25H38O3/c1-4-5-6-8-17(2)11-12-21-18(3)13-20-15-23-19(14-22(20)21)9-7-10-24(23)28-16-25(26)27/h7,9-10,17-18,20-22H,4-6,8,11-16H2,1-3H3,(H,26,27)/t17-,18+,20+,21?,22-/m0/s1. The van der Waals surface area contributed by atoms with Crippen molar-refractivity contribution in [2.45, 2.75) is 78.6 Å². The molecule has 3 heteroatoms. The van der Waals surface area contributed by atoms with Gasteiger partial charge in [-0.3, -0.25) is 0 Å². The molecule has 5 atom stereocenters. The summed E-state index contributed by atoms with van der Waals surface area (Å²) < 4.78 is 5.59. The van der Waals surface area contributed by atoms with Crippen molar-refractivity contribution in [3.8, 4) is 5.75 Å². The smallest absolute Gasteiger partial charge is 0.341 e. The molecule has 0 heterocycles. The van der Waals surface area contributed by atoms with Crippen LogP contribution in [0, 0.1) is 29.6 Å². The average Bonchev–Trinajstić information content (AvgIpc) is 2.97. The Labute approximate surface area is 170 Å². The second-order valence-corrected chi connectivity index (χ2v) is 9.46. The van der Waals surface area contributed by atoms with E-state index in [0.717, 1.165) is 48.2 Å². The first-order chi connectivity index (χ1) is 13.5. The molecule has 1 unspecified atom stereocenters. The first-order valence-corrected chi connectivity index (χ1v) is 11.4. The van der Waals surface area contributed by atoms with Crippen molar-refractivity contribution in [2.24, 2.45) is 29.6 Å². The molecule has 1 fully saturated rings. The van der Waals surface area contributed by atoms with Gasteiger partial charge < -0.3 is 9.84 Å². The highest BCUT2D eigenvalue weighted by Gasteiger charge is 2.43. The summed E-state index contributed by atoms with van der Waals surface area (Å²) in [6, 6.07) is 6.20. The van der Waals surface area contributed by atoms with Crippen molar-refractivity contribution in [3.05, 3.63) is 29.3 Å². The second kappa shape index (κ2) is 9.80. The van der Waals surface area contributed by atoms with E-state index in [1.54, 1.807) is 0 Å². The number of carboxylic acid groups (broad SMARTS) is 1. The van der Waals surface area contributed by atoms with Crippen molar-refractivity contribution < 1.29 is 14.6 Å². The van der Waals surface area contributed by atoms with E-state index >= 15 is 0 Å². The Hall–Kier alpha value is -1.51. The number of carbonyl (C=O) groups is 1. The van der Waals surface area contributed by atoms with Gasteiger partial charge in [0.05, 0.1) is 0 Å². The summed E-state index contributed by atoms with van der Waals surface area (Å²) in [5.74, 6) is 3.90. The lowest BCUT2D eigenvalue weighted by atomic mass is 9.73.